The fourth-order valence-corrected chi connectivity index (χ4v) is 2.85. The summed E-state index contributed by atoms with van der Waals surface area (Å²) in [4.78, 5) is 45.8. The summed E-state index contributed by atoms with van der Waals surface area (Å²) < 4.78 is 5.31. The summed E-state index contributed by atoms with van der Waals surface area (Å²) in [6.45, 7) is 0.277. The third-order valence-electron chi connectivity index (χ3n) is 4.47. The van der Waals surface area contributed by atoms with E-state index < -0.39 is 17.8 Å². The van der Waals surface area contributed by atoms with Gasteiger partial charge in [-0.2, -0.15) is 0 Å². The van der Waals surface area contributed by atoms with E-state index in [1.807, 2.05) is 24.3 Å². The average molecular weight is 422 g/mol. The first-order valence-electron chi connectivity index (χ1n) is 9.50. The molecule has 1 aliphatic rings. The number of nitrogens with one attached hydrogen (secondary N) is 2. The predicted octanol–water partition coefficient (Wildman–Crippen LogP) is 1.43. The lowest BCUT2D eigenvalue weighted by atomic mass is 10.1. The standard InChI is InChI=1S/C22H22N4O5/c1-26-18(22(29)31-25-26)14-17(24-20(27)16-9-4-3-5-10-16)21(28)23-13-12-15-8-6-7-11-19(15)30-2/h3-11,14,25H,12-13H2,1-2H3,(H,23,28)/b18-14+,24-17?. The molecule has 0 aromatic heterocycles. The average Bonchev–Trinajstić information content (AvgIpc) is 3.11. The fourth-order valence-electron chi connectivity index (χ4n) is 2.85. The molecule has 2 aromatic carbocycles. The number of carbonyl (C=O) groups is 3. The third-order valence-corrected chi connectivity index (χ3v) is 4.47. The van der Waals surface area contributed by atoms with Crippen molar-refractivity contribution in [2.45, 2.75) is 6.42 Å². The SMILES string of the molecule is COc1ccccc1CCNC(=O)C(/C=C1\C(=O)ONN1C)=NC(=O)c1ccccc1. The van der Waals surface area contributed by atoms with Gasteiger partial charge in [-0.25, -0.2) is 9.79 Å². The zero-order valence-electron chi connectivity index (χ0n) is 17.1. The summed E-state index contributed by atoms with van der Waals surface area (Å²) in [5.74, 6) is -1.17. The highest BCUT2D eigenvalue weighted by Crippen LogP contribution is 2.17. The fraction of sp³-hybridized carbons (Fsp3) is 0.182. The summed E-state index contributed by atoms with van der Waals surface area (Å²) in [6.07, 6.45) is 1.72. The zero-order chi connectivity index (χ0) is 22.2. The minimum Gasteiger partial charge on any atom is -0.496 e. The molecule has 1 saturated heterocycles. The van der Waals surface area contributed by atoms with E-state index in [1.54, 1.807) is 37.4 Å². The molecule has 1 fully saturated rings. The minimum atomic E-state index is -0.691. The quantitative estimate of drug-likeness (QED) is 0.513. The number of hydrogen-bond donors (Lipinski definition) is 2. The first kappa shape index (κ1) is 21.7. The largest absolute Gasteiger partial charge is 0.496 e. The number of methoxy groups -OCH3 is 1. The second kappa shape index (κ2) is 10.2. The molecular formula is C22H22N4O5. The lowest BCUT2D eigenvalue weighted by molar-refractivity contribution is -0.142. The minimum absolute atomic E-state index is 0.0412. The van der Waals surface area contributed by atoms with E-state index in [1.165, 1.54) is 18.1 Å². The second-order valence-electron chi connectivity index (χ2n) is 6.56. The van der Waals surface area contributed by atoms with Crippen LogP contribution >= 0.6 is 0 Å². The van der Waals surface area contributed by atoms with Gasteiger partial charge in [-0.15, -0.1) is 0 Å². The van der Waals surface area contributed by atoms with Crippen LogP contribution < -0.4 is 15.6 Å². The van der Waals surface area contributed by atoms with Crippen LogP contribution in [0, 0.1) is 0 Å². The maximum absolute atomic E-state index is 12.8. The number of likely N-dealkylation sites (N-methyl/N-ethyl adjacent to an activating group) is 1. The van der Waals surface area contributed by atoms with Crippen LogP contribution in [0.5, 0.6) is 5.75 Å². The number of para-hydroxylation sites is 1. The highest BCUT2D eigenvalue weighted by Gasteiger charge is 2.26. The van der Waals surface area contributed by atoms with Crippen molar-refractivity contribution in [3.8, 4) is 5.75 Å². The number of amides is 2. The lowest BCUT2D eigenvalue weighted by Gasteiger charge is -2.10. The molecule has 3 rings (SSSR count). The van der Waals surface area contributed by atoms with Gasteiger partial charge in [-0.05, 0) is 30.2 Å². The molecule has 160 valence electrons. The molecule has 9 heteroatoms. The van der Waals surface area contributed by atoms with Crippen molar-refractivity contribution in [2.75, 3.05) is 20.7 Å². The van der Waals surface area contributed by atoms with Crippen molar-refractivity contribution < 1.29 is 24.0 Å². The number of nitrogens with zero attached hydrogens (tertiary/aromatic N) is 2. The number of benzene rings is 2. The molecule has 0 aliphatic carbocycles. The van der Waals surface area contributed by atoms with E-state index in [-0.39, 0.29) is 18.0 Å². The molecule has 2 N–H and O–H groups in total. The molecular weight excluding hydrogens is 400 g/mol. The number of ether oxygens (including phenoxy) is 1. The number of rotatable bonds is 7. The van der Waals surface area contributed by atoms with Crippen LogP contribution in [0.4, 0.5) is 0 Å². The summed E-state index contributed by atoms with van der Waals surface area (Å²) in [6, 6.07) is 15.8. The van der Waals surface area contributed by atoms with Crippen LogP contribution in [0.3, 0.4) is 0 Å². The number of hydrogen-bond acceptors (Lipinski definition) is 7. The molecule has 31 heavy (non-hydrogen) atoms. The van der Waals surface area contributed by atoms with Gasteiger partial charge < -0.3 is 14.9 Å². The first-order chi connectivity index (χ1) is 15.0. The molecule has 2 amide bonds. The van der Waals surface area contributed by atoms with Gasteiger partial charge in [-0.3, -0.25) is 14.6 Å². The van der Waals surface area contributed by atoms with Gasteiger partial charge >= 0.3 is 5.97 Å². The molecule has 0 atom stereocenters. The lowest BCUT2D eigenvalue weighted by Crippen LogP contribution is -2.33. The molecule has 1 aliphatic heterocycles. The highest BCUT2D eigenvalue weighted by atomic mass is 16.7. The summed E-state index contributed by atoms with van der Waals surface area (Å²) in [7, 11) is 3.11. The summed E-state index contributed by atoms with van der Waals surface area (Å²) >= 11 is 0. The van der Waals surface area contributed by atoms with Crippen LogP contribution in [0.15, 0.2) is 71.4 Å². The number of carbonyl (C=O) groups excluding carboxylic acids is 3. The Kier molecular flexibility index (Phi) is 7.13. The Balaban J connectivity index is 1.79. The Hall–Kier alpha value is -3.98. The molecule has 0 spiro atoms. The van der Waals surface area contributed by atoms with Crippen LogP contribution in [-0.4, -0.2) is 49.2 Å². The van der Waals surface area contributed by atoms with Crippen LogP contribution in [0.1, 0.15) is 15.9 Å². The Morgan fingerprint density at radius 2 is 1.87 bits per heavy atom. The van der Waals surface area contributed by atoms with Crippen molar-refractivity contribution in [1.29, 1.82) is 0 Å². The topological polar surface area (TPSA) is 109 Å². The molecule has 0 unspecified atom stereocenters. The van der Waals surface area contributed by atoms with Crippen molar-refractivity contribution >= 4 is 23.5 Å². The molecule has 1 heterocycles. The summed E-state index contributed by atoms with van der Waals surface area (Å²) in [5.41, 5.74) is 3.43. The first-order valence-corrected chi connectivity index (χ1v) is 9.50. The monoisotopic (exact) mass is 422 g/mol. The Labute approximate surface area is 179 Å². The smallest absolute Gasteiger partial charge is 0.376 e. The van der Waals surface area contributed by atoms with Gasteiger partial charge in [0.25, 0.3) is 11.8 Å². The van der Waals surface area contributed by atoms with Crippen LogP contribution in [0.25, 0.3) is 0 Å². The van der Waals surface area contributed by atoms with Gasteiger partial charge in [0, 0.05) is 25.2 Å². The van der Waals surface area contributed by atoms with E-state index in [0.717, 1.165) is 5.56 Å². The van der Waals surface area contributed by atoms with Gasteiger partial charge in [0.1, 0.15) is 17.2 Å². The molecule has 9 nitrogen and oxygen atoms in total. The van der Waals surface area contributed by atoms with E-state index in [4.69, 9.17) is 9.57 Å². The van der Waals surface area contributed by atoms with E-state index >= 15 is 0 Å². The van der Waals surface area contributed by atoms with E-state index in [2.05, 4.69) is 15.9 Å². The van der Waals surface area contributed by atoms with Gasteiger partial charge in [-0.1, -0.05) is 42.0 Å². The van der Waals surface area contributed by atoms with Crippen molar-refractivity contribution in [3.63, 3.8) is 0 Å². The van der Waals surface area contributed by atoms with Crippen LogP contribution in [-0.2, 0) is 20.8 Å². The maximum atomic E-state index is 12.8. The highest BCUT2D eigenvalue weighted by molar-refractivity contribution is 6.45. The van der Waals surface area contributed by atoms with Gasteiger partial charge in [0.05, 0.1) is 7.11 Å². The summed E-state index contributed by atoms with van der Waals surface area (Å²) in [5, 5.41) is 4.01. The predicted molar refractivity (Wildman–Crippen MR) is 113 cm³/mol. The maximum Gasteiger partial charge on any atom is 0.376 e. The van der Waals surface area contributed by atoms with Crippen molar-refractivity contribution in [1.82, 2.24) is 15.9 Å². The zero-order valence-corrected chi connectivity index (χ0v) is 17.1. The number of aliphatic imine (C=N–C) groups is 1. The Morgan fingerprint density at radius 1 is 1.16 bits per heavy atom. The molecule has 2 aromatic rings. The third kappa shape index (κ3) is 5.55. The Morgan fingerprint density at radius 3 is 2.55 bits per heavy atom. The van der Waals surface area contributed by atoms with E-state index in [0.29, 0.717) is 17.7 Å². The van der Waals surface area contributed by atoms with Crippen molar-refractivity contribution in [3.05, 3.63) is 77.5 Å². The van der Waals surface area contributed by atoms with Crippen molar-refractivity contribution in [2.24, 2.45) is 4.99 Å². The van der Waals surface area contributed by atoms with Crippen LogP contribution in [0.2, 0.25) is 0 Å². The second-order valence-corrected chi connectivity index (χ2v) is 6.56. The molecule has 0 radical (unpaired) electrons. The normalized spacial score (nSPS) is 15.0. The van der Waals surface area contributed by atoms with Gasteiger partial charge in [0.2, 0.25) is 0 Å². The van der Waals surface area contributed by atoms with E-state index in [9.17, 15) is 14.4 Å². The Bertz CT molecular complexity index is 1030. The molecule has 0 saturated carbocycles. The molecule has 0 bridgehead atoms. The van der Waals surface area contributed by atoms with Gasteiger partial charge in [0.15, 0.2) is 0 Å². The number of hydrazine groups is 1.